The van der Waals surface area contributed by atoms with Crippen LogP contribution in [0.4, 0.5) is 8.78 Å². The third-order valence-corrected chi connectivity index (χ3v) is 5.70. The first-order valence-electron chi connectivity index (χ1n) is 10.8. The van der Waals surface area contributed by atoms with Gasteiger partial charge in [-0.15, -0.1) is 0 Å². The second kappa shape index (κ2) is 11.5. The maximum atomic E-state index is 14.3. The normalized spacial score (nSPS) is 18.7. The van der Waals surface area contributed by atoms with E-state index in [1.807, 2.05) is 25.9 Å². The molecule has 0 aromatic heterocycles. The maximum absolute atomic E-state index is 14.3. The molecule has 0 saturated carbocycles. The van der Waals surface area contributed by atoms with Crippen molar-refractivity contribution in [3.05, 3.63) is 35.4 Å². The number of rotatable bonds is 9. The maximum Gasteiger partial charge on any atom is 0.193 e. The Morgan fingerprint density at radius 3 is 2.41 bits per heavy atom. The summed E-state index contributed by atoms with van der Waals surface area (Å²) in [4.78, 5) is 11.3. The minimum absolute atomic E-state index is 0.0814. The standard InChI is InChI=1S/C22H37F2N5/c1-6-25-22(29-13-12-17(16-29)15-28(7-2)8-3)26-14-20(27(4)5)21-18(23)10-9-11-19(21)24/h9-11,17,20H,6-8,12-16H2,1-5H3,(H,25,26). The lowest BCUT2D eigenvalue weighted by Crippen LogP contribution is -2.41. The molecule has 1 aliphatic rings. The molecule has 1 N–H and O–H groups in total. The number of nitrogens with zero attached hydrogens (tertiary/aromatic N) is 4. The Labute approximate surface area is 174 Å². The van der Waals surface area contributed by atoms with E-state index in [0.717, 1.165) is 51.6 Å². The monoisotopic (exact) mass is 409 g/mol. The fraction of sp³-hybridized carbons (Fsp3) is 0.682. The zero-order valence-electron chi connectivity index (χ0n) is 18.6. The number of benzene rings is 1. The highest BCUT2D eigenvalue weighted by Gasteiger charge is 2.27. The molecule has 1 fully saturated rings. The SMILES string of the molecule is CCNC(=NCC(c1c(F)cccc1F)N(C)C)N1CCC(CN(CC)CC)C1. The number of likely N-dealkylation sites (N-methyl/N-ethyl adjacent to an activating group) is 1. The Balaban J connectivity index is 2.13. The van der Waals surface area contributed by atoms with Gasteiger partial charge in [0.2, 0.25) is 0 Å². The van der Waals surface area contributed by atoms with E-state index < -0.39 is 17.7 Å². The number of aliphatic imine (C=N–C) groups is 1. The van der Waals surface area contributed by atoms with Crippen LogP contribution in [0.1, 0.15) is 38.8 Å². The van der Waals surface area contributed by atoms with Gasteiger partial charge in [0.1, 0.15) is 11.6 Å². The summed E-state index contributed by atoms with van der Waals surface area (Å²) in [6, 6.07) is 3.55. The van der Waals surface area contributed by atoms with Crippen molar-refractivity contribution in [3.63, 3.8) is 0 Å². The van der Waals surface area contributed by atoms with Crippen LogP contribution >= 0.6 is 0 Å². The van der Waals surface area contributed by atoms with Crippen molar-refractivity contribution in [2.45, 2.75) is 33.2 Å². The van der Waals surface area contributed by atoms with E-state index in [1.54, 1.807) is 0 Å². The molecule has 0 aliphatic carbocycles. The smallest absolute Gasteiger partial charge is 0.193 e. The van der Waals surface area contributed by atoms with Crippen LogP contribution in [0.15, 0.2) is 23.2 Å². The molecule has 1 saturated heterocycles. The van der Waals surface area contributed by atoms with Crippen LogP contribution < -0.4 is 5.32 Å². The van der Waals surface area contributed by atoms with E-state index in [1.165, 1.54) is 18.2 Å². The first-order valence-corrected chi connectivity index (χ1v) is 10.8. The highest BCUT2D eigenvalue weighted by atomic mass is 19.1. The molecule has 0 radical (unpaired) electrons. The fourth-order valence-corrected chi connectivity index (χ4v) is 3.96. The van der Waals surface area contributed by atoms with Crippen LogP contribution in [0.3, 0.4) is 0 Å². The molecule has 5 nitrogen and oxygen atoms in total. The first-order chi connectivity index (χ1) is 13.9. The molecule has 2 unspecified atom stereocenters. The van der Waals surface area contributed by atoms with Gasteiger partial charge in [-0.25, -0.2) is 8.78 Å². The third kappa shape index (κ3) is 6.37. The predicted molar refractivity (Wildman–Crippen MR) is 116 cm³/mol. The van der Waals surface area contributed by atoms with Crippen molar-refractivity contribution in [2.75, 3.05) is 59.9 Å². The number of likely N-dealkylation sites (tertiary alicyclic amines) is 1. The summed E-state index contributed by atoms with van der Waals surface area (Å²) < 4.78 is 28.7. The van der Waals surface area contributed by atoms with Gasteiger partial charge >= 0.3 is 0 Å². The summed E-state index contributed by atoms with van der Waals surface area (Å²) in [5.74, 6) is 0.402. The lowest BCUT2D eigenvalue weighted by atomic mass is 10.0. The molecule has 1 aromatic rings. The number of hydrogen-bond donors (Lipinski definition) is 1. The Kier molecular flexibility index (Phi) is 9.30. The van der Waals surface area contributed by atoms with Crippen molar-refractivity contribution in [2.24, 2.45) is 10.9 Å². The topological polar surface area (TPSA) is 34.1 Å². The van der Waals surface area contributed by atoms with E-state index in [0.29, 0.717) is 12.5 Å². The molecule has 0 spiro atoms. The van der Waals surface area contributed by atoms with Crippen LogP contribution in [0, 0.1) is 17.6 Å². The Morgan fingerprint density at radius 2 is 1.86 bits per heavy atom. The molecular weight excluding hydrogens is 372 g/mol. The van der Waals surface area contributed by atoms with E-state index in [9.17, 15) is 8.78 Å². The molecule has 1 aliphatic heterocycles. The zero-order chi connectivity index (χ0) is 21.4. The molecule has 2 rings (SSSR count). The molecule has 1 heterocycles. The molecule has 1 aromatic carbocycles. The van der Waals surface area contributed by atoms with Gasteiger partial charge in [-0.3, -0.25) is 4.99 Å². The van der Waals surface area contributed by atoms with E-state index in [4.69, 9.17) is 4.99 Å². The minimum atomic E-state index is -0.524. The highest BCUT2D eigenvalue weighted by molar-refractivity contribution is 5.80. The molecule has 0 bridgehead atoms. The molecule has 164 valence electrons. The highest BCUT2D eigenvalue weighted by Crippen LogP contribution is 2.25. The van der Waals surface area contributed by atoms with Crippen molar-refractivity contribution >= 4 is 5.96 Å². The van der Waals surface area contributed by atoms with E-state index in [-0.39, 0.29) is 5.56 Å². The molecule has 29 heavy (non-hydrogen) atoms. The van der Waals surface area contributed by atoms with Gasteiger partial charge < -0.3 is 20.0 Å². The summed E-state index contributed by atoms with van der Waals surface area (Å²) in [7, 11) is 3.66. The van der Waals surface area contributed by atoms with Crippen molar-refractivity contribution in [1.29, 1.82) is 0 Å². The van der Waals surface area contributed by atoms with Crippen LogP contribution in [-0.4, -0.2) is 80.6 Å². The number of nitrogens with one attached hydrogen (secondary N) is 1. The van der Waals surface area contributed by atoms with E-state index >= 15 is 0 Å². The molecular formula is C22H37F2N5. The summed E-state index contributed by atoms with van der Waals surface area (Å²) >= 11 is 0. The van der Waals surface area contributed by atoms with Crippen LogP contribution in [0.5, 0.6) is 0 Å². The average molecular weight is 410 g/mol. The third-order valence-electron chi connectivity index (χ3n) is 5.70. The lowest BCUT2D eigenvalue weighted by molar-refractivity contribution is 0.255. The van der Waals surface area contributed by atoms with Crippen molar-refractivity contribution in [3.8, 4) is 0 Å². The van der Waals surface area contributed by atoms with Gasteiger partial charge in [-0.05, 0) is 58.6 Å². The van der Waals surface area contributed by atoms with Crippen LogP contribution in [0.25, 0.3) is 0 Å². The largest absolute Gasteiger partial charge is 0.357 e. The Hall–Kier alpha value is -1.73. The minimum Gasteiger partial charge on any atom is -0.357 e. The molecule has 2 atom stereocenters. The summed E-state index contributed by atoms with van der Waals surface area (Å²) in [6.07, 6.45) is 1.14. The average Bonchev–Trinajstić information content (AvgIpc) is 3.15. The second-order valence-electron chi connectivity index (χ2n) is 7.90. The zero-order valence-corrected chi connectivity index (χ0v) is 18.6. The van der Waals surface area contributed by atoms with Gasteiger partial charge in [-0.1, -0.05) is 19.9 Å². The fourth-order valence-electron chi connectivity index (χ4n) is 3.96. The summed E-state index contributed by atoms with van der Waals surface area (Å²) in [5.41, 5.74) is 0.0814. The lowest BCUT2D eigenvalue weighted by Gasteiger charge is -2.27. The summed E-state index contributed by atoms with van der Waals surface area (Å²) in [5, 5.41) is 3.36. The van der Waals surface area contributed by atoms with Crippen LogP contribution in [0.2, 0.25) is 0 Å². The van der Waals surface area contributed by atoms with Gasteiger partial charge in [0, 0.05) is 31.7 Å². The van der Waals surface area contributed by atoms with Crippen molar-refractivity contribution < 1.29 is 8.78 Å². The number of hydrogen-bond acceptors (Lipinski definition) is 3. The second-order valence-corrected chi connectivity index (χ2v) is 7.90. The number of halogens is 2. The van der Waals surface area contributed by atoms with E-state index in [2.05, 4.69) is 29.0 Å². The predicted octanol–water partition coefficient (Wildman–Crippen LogP) is 3.20. The Morgan fingerprint density at radius 1 is 1.21 bits per heavy atom. The van der Waals surface area contributed by atoms with Crippen molar-refractivity contribution in [1.82, 2.24) is 20.0 Å². The quantitative estimate of drug-likeness (QED) is 0.502. The Bertz CT molecular complexity index is 640. The first kappa shape index (κ1) is 23.5. The molecule has 0 amide bonds. The number of guanidine groups is 1. The van der Waals surface area contributed by atoms with Gasteiger partial charge in [0.15, 0.2) is 5.96 Å². The molecule has 7 heteroatoms. The van der Waals surface area contributed by atoms with Gasteiger partial charge in [-0.2, -0.15) is 0 Å². The van der Waals surface area contributed by atoms with Crippen LogP contribution in [-0.2, 0) is 0 Å². The van der Waals surface area contributed by atoms with Gasteiger partial charge in [0.05, 0.1) is 12.6 Å². The summed E-state index contributed by atoms with van der Waals surface area (Å²) in [6.45, 7) is 12.7. The van der Waals surface area contributed by atoms with Gasteiger partial charge in [0.25, 0.3) is 0 Å².